The van der Waals surface area contributed by atoms with E-state index in [9.17, 15) is 4.79 Å². The largest absolute Gasteiger partial charge is 0.398 e. The van der Waals surface area contributed by atoms with Crippen LogP contribution < -0.4 is 11.1 Å². The smallest absolute Gasteiger partial charge is 0.253 e. The van der Waals surface area contributed by atoms with E-state index in [0.29, 0.717) is 11.3 Å². The Morgan fingerprint density at radius 3 is 2.80 bits per heavy atom. The Hall–Kier alpha value is -1.82. The number of hydrogen-bond acceptors (Lipinski definition) is 3. The van der Waals surface area contributed by atoms with Crippen LogP contribution in [0.4, 0.5) is 5.69 Å². The summed E-state index contributed by atoms with van der Waals surface area (Å²) in [6.45, 7) is 3.90. The molecule has 1 aromatic carbocycles. The maximum Gasteiger partial charge on any atom is 0.253 e. The number of carbonyl (C=O) groups excluding carboxylic acids is 1. The minimum atomic E-state index is -0.195. The number of aromatic nitrogens is 2. The fourth-order valence-corrected chi connectivity index (χ4v) is 2.38. The average molecular weight is 337 g/mol. The summed E-state index contributed by atoms with van der Waals surface area (Å²) in [5.41, 5.74) is 8.79. The Morgan fingerprint density at radius 2 is 2.20 bits per heavy atom. The minimum absolute atomic E-state index is 0.130. The van der Waals surface area contributed by atoms with Crippen molar-refractivity contribution >= 4 is 27.5 Å². The second kappa shape index (κ2) is 5.66. The first-order valence-corrected chi connectivity index (χ1v) is 7.04. The molecular weight excluding hydrogens is 320 g/mol. The van der Waals surface area contributed by atoms with E-state index < -0.39 is 0 Å². The molecule has 3 N–H and O–H groups in total. The van der Waals surface area contributed by atoms with Gasteiger partial charge in [0.2, 0.25) is 0 Å². The number of hydrogen-bond donors (Lipinski definition) is 2. The molecule has 20 heavy (non-hydrogen) atoms. The predicted octanol–water partition coefficient (Wildman–Crippen LogP) is 2.56. The van der Waals surface area contributed by atoms with Gasteiger partial charge in [-0.25, -0.2) is 0 Å². The van der Waals surface area contributed by atoms with Crippen LogP contribution >= 0.6 is 15.9 Å². The SMILES string of the molecule is Cc1c(C(C)NC(=O)c2cc(Br)ccc2N)cnn1C. The van der Waals surface area contributed by atoms with Crippen LogP contribution in [-0.2, 0) is 7.05 Å². The molecule has 1 atom stereocenters. The molecule has 1 aromatic heterocycles. The molecule has 1 unspecified atom stereocenters. The number of anilines is 1. The van der Waals surface area contributed by atoms with Gasteiger partial charge >= 0.3 is 0 Å². The molecule has 1 heterocycles. The van der Waals surface area contributed by atoms with Crippen molar-refractivity contribution in [1.29, 1.82) is 0 Å². The molecule has 0 radical (unpaired) electrons. The van der Waals surface area contributed by atoms with Crippen molar-refractivity contribution in [3.8, 4) is 0 Å². The number of aryl methyl sites for hydroxylation is 1. The summed E-state index contributed by atoms with van der Waals surface area (Å²) in [7, 11) is 1.87. The highest BCUT2D eigenvalue weighted by atomic mass is 79.9. The molecule has 0 saturated carbocycles. The summed E-state index contributed by atoms with van der Waals surface area (Å²) in [5.74, 6) is -0.195. The molecule has 106 valence electrons. The standard InChI is InChI=1S/C14H17BrN4O/c1-8(12-7-17-19(3)9(12)2)18-14(20)11-6-10(15)4-5-13(11)16/h4-8H,16H2,1-3H3,(H,18,20). The fourth-order valence-electron chi connectivity index (χ4n) is 2.02. The van der Waals surface area contributed by atoms with E-state index in [1.807, 2.05) is 20.9 Å². The lowest BCUT2D eigenvalue weighted by Crippen LogP contribution is -2.27. The van der Waals surface area contributed by atoms with E-state index in [-0.39, 0.29) is 11.9 Å². The van der Waals surface area contributed by atoms with E-state index in [1.165, 1.54) is 0 Å². The summed E-state index contributed by atoms with van der Waals surface area (Å²) in [6.07, 6.45) is 1.77. The Kier molecular flexibility index (Phi) is 4.13. The van der Waals surface area contributed by atoms with Crippen molar-refractivity contribution in [2.24, 2.45) is 7.05 Å². The monoisotopic (exact) mass is 336 g/mol. The summed E-state index contributed by atoms with van der Waals surface area (Å²) in [5, 5.41) is 7.12. The summed E-state index contributed by atoms with van der Waals surface area (Å²) in [6, 6.07) is 5.10. The molecule has 0 aliphatic rings. The first-order valence-electron chi connectivity index (χ1n) is 6.24. The van der Waals surface area contributed by atoms with E-state index in [1.54, 1.807) is 29.1 Å². The normalized spacial score (nSPS) is 12.2. The van der Waals surface area contributed by atoms with Gasteiger partial charge in [-0.3, -0.25) is 9.48 Å². The number of nitrogen functional groups attached to an aromatic ring is 1. The zero-order valence-electron chi connectivity index (χ0n) is 11.6. The van der Waals surface area contributed by atoms with Crippen LogP contribution in [0.15, 0.2) is 28.9 Å². The van der Waals surface area contributed by atoms with Gasteiger partial charge in [-0.1, -0.05) is 15.9 Å². The average Bonchev–Trinajstić information content (AvgIpc) is 2.73. The molecule has 0 aliphatic heterocycles. The van der Waals surface area contributed by atoms with Gasteiger partial charge in [-0.05, 0) is 32.0 Å². The number of halogens is 1. The summed E-state index contributed by atoms with van der Waals surface area (Å²) < 4.78 is 2.60. The maximum atomic E-state index is 12.3. The lowest BCUT2D eigenvalue weighted by Gasteiger charge is -2.15. The topological polar surface area (TPSA) is 72.9 Å². The van der Waals surface area contributed by atoms with E-state index in [4.69, 9.17) is 5.73 Å². The van der Waals surface area contributed by atoms with Crippen LogP contribution in [0.1, 0.15) is 34.6 Å². The van der Waals surface area contributed by atoms with Crippen molar-refractivity contribution in [3.05, 3.63) is 45.7 Å². The number of amides is 1. The second-order valence-corrected chi connectivity index (χ2v) is 5.65. The number of nitrogens with two attached hydrogens (primary N) is 1. The van der Waals surface area contributed by atoms with Gasteiger partial charge < -0.3 is 11.1 Å². The van der Waals surface area contributed by atoms with Crippen LogP contribution in [-0.4, -0.2) is 15.7 Å². The quantitative estimate of drug-likeness (QED) is 0.846. The van der Waals surface area contributed by atoms with Gasteiger partial charge in [0.25, 0.3) is 5.91 Å². The molecule has 5 nitrogen and oxygen atoms in total. The number of carbonyl (C=O) groups is 1. The van der Waals surface area contributed by atoms with E-state index >= 15 is 0 Å². The van der Waals surface area contributed by atoms with Gasteiger partial charge in [0.1, 0.15) is 0 Å². The second-order valence-electron chi connectivity index (χ2n) is 4.74. The molecular formula is C14H17BrN4O. The first kappa shape index (κ1) is 14.6. The third-order valence-electron chi connectivity index (χ3n) is 3.35. The molecule has 6 heteroatoms. The van der Waals surface area contributed by atoms with Crippen LogP contribution in [0.5, 0.6) is 0 Å². The Morgan fingerprint density at radius 1 is 1.50 bits per heavy atom. The van der Waals surface area contributed by atoms with Crippen LogP contribution in [0.2, 0.25) is 0 Å². The molecule has 2 aromatic rings. The van der Waals surface area contributed by atoms with E-state index in [2.05, 4.69) is 26.3 Å². The Labute approximate surface area is 126 Å². The van der Waals surface area contributed by atoms with Crippen molar-refractivity contribution < 1.29 is 4.79 Å². The molecule has 2 rings (SSSR count). The highest BCUT2D eigenvalue weighted by molar-refractivity contribution is 9.10. The molecule has 0 saturated heterocycles. The zero-order valence-corrected chi connectivity index (χ0v) is 13.2. The molecule has 0 bridgehead atoms. The van der Waals surface area contributed by atoms with Gasteiger partial charge in [0, 0.05) is 28.5 Å². The highest BCUT2D eigenvalue weighted by Crippen LogP contribution is 2.21. The molecule has 0 aliphatic carbocycles. The molecule has 0 spiro atoms. The van der Waals surface area contributed by atoms with Crippen LogP contribution in [0.3, 0.4) is 0 Å². The number of benzene rings is 1. The van der Waals surface area contributed by atoms with Crippen molar-refractivity contribution in [3.63, 3.8) is 0 Å². The van der Waals surface area contributed by atoms with Gasteiger partial charge in [0.15, 0.2) is 0 Å². The van der Waals surface area contributed by atoms with Crippen molar-refractivity contribution in [1.82, 2.24) is 15.1 Å². The highest BCUT2D eigenvalue weighted by Gasteiger charge is 2.17. The van der Waals surface area contributed by atoms with Gasteiger partial charge in [-0.2, -0.15) is 5.10 Å². The summed E-state index contributed by atoms with van der Waals surface area (Å²) >= 11 is 3.34. The molecule has 0 fully saturated rings. The van der Waals surface area contributed by atoms with Crippen molar-refractivity contribution in [2.45, 2.75) is 19.9 Å². The predicted molar refractivity (Wildman–Crippen MR) is 82.4 cm³/mol. The maximum absolute atomic E-state index is 12.3. The third kappa shape index (κ3) is 2.85. The van der Waals surface area contributed by atoms with Crippen LogP contribution in [0.25, 0.3) is 0 Å². The zero-order chi connectivity index (χ0) is 14.9. The molecule has 1 amide bonds. The Bertz CT molecular complexity index is 651. The van der Waals surface area contributed by atoms with Crippen molar-refractivity contribution in [2.75, 3.05) is 5.73 Å². The number of nitrogens with one attached hydrogen (secondary N) is 1. The third-order valence-corrected chi connectivity index (χ3v) is 3.84. The first-order chi connectivity index (χ1) is 9.40. The number of nitrogens with zero attached hydrogens (tertiary/aromatic N) is 2. The fraction of sp³-hybridized carbons (Fsp3) is 0.286. The number of rotatable bonds is 3. The minimum Gasteiger partial charge on any atom is -0.398 e. The summed E-state index contributed by atoms with van der Waals surface area (Å²) in [4.78, 5) is 12.3. The van der Waals surface area contributed by atoms with Crippen LogP contribution in [0, 0.1) is 6.92 Å². The Balaban J connectivity index is 2.19. The van der Waals surface area contributed by atoms with Gasteiger partial charge in [-0.15, -0.1) is 0 Å². The lowest BCUT2D eigenvalue weighted by molar-refractivity contribution is 0.0940. The lowest BCUT2D eigenvalue weighted by atomic mass is 10.1. The van der Waals surface area contributed by atoms with E-state index in [0.717, 1.165) is 15.7 Å². The van der Waals surface area contributed by atoms with Gasteiger partial charge in [0.05, 0.1) is 17.8 Å².